The summed E-state index contributed by atoms with van der Waals surface area (Å²) in [4.78, 5) is 36.3. The lowest BCUT2D eigenvalue weighted by atomic mass is 10.0. The highest BCUT2D eigenvalue weighted by molar-refractivity contribution is 5.87. The predicted octanol–water partition coefficient (Wildman–Crippen LogP) is 3.30. The van der Waals surface area contributed by atoms with E-state index in [0.717, 1.165) is 16.5 Å². The molecule has 0 aliphatic heterocycles. The molecule has 0 saturated carbocycles. The number of hydrogen-bond acceptors (Lipinski definition) is 5. The van der Waals surface area contributed by atoms with Gasteiger partial charge in [0.05, 0.1) is 0 Å². The maximum Gasteiger partial charge on any atom is 0.339 e. The number of nitrogens with one attached hydrogen (secondary N) is 1. The van der Waals surface area contributed by atoms with E-state index in [9.17, 15) is 19.5 Å². The standard InChI is InChI=1S/C24H25NO6/c1-13-14(2)24(29)31-21-15(3)20(11-10-18(13)21)30-16(4)22(26)25-19(23(27)28)12-17-8-6-5-7-9-17/h5-11,16,19H,12H2,1-4H3,(H,25,26)(H,27,28)/t16?,19-/m0/s1. The molecular formula is C24H25NO6. The Kier molecular flexibility index (Phi) is 6.44. The van der Waals surface area contributed by atoms with Crippen molar-refractivity contribution in [1.82, 2.24) is 5.32 Å². The first-order valence-electron chi connectivity index (χ1n) is 9.96. The van der Waals surface area contributed by atoms with Gasteiger partial charge in [-0.1, -0.05) is 30.3 Å². The molecule has 1 amide bonds. The summed E-state index contributed by atoms with van der Waals surface area (Å²) in [5.41, 5.74) is 2.77. The number of hydrogen-bond donors (Lipinski definition) is 2. The van der Waals surface area contributed by atoms with Gasteiger partial charge in [-0.15, -0.1) is 0 Å². The fourth-order valence-electron chi connectivity index (χ4n) is 3.34. The Hall–Kier alpha value is -3.61. The molecule has 3 aromatic rings. The Morgan fingerprint density at radius 2 is 1.71 bits per heavy atom. The number of ether oxygens (including phenoxy) is 1. The molecule has 7 nitrogen and oxygen atoms in total. The monoisotopic (exact) mass is 423 g/mol. The zero-order chi connectivity index (χ0) is 22.7. The molecule has 1 heterocycles. The molecule has 0 spiro atoms. The Morgan fingerprint density at radius 3 is 2.35 bits per heavy atom. The third-order valence-electron chi connectivity index (χ3n) is 5.39. The van der Waals surface area contributed by atoms with Crippen LogP contribution in [0.4, 0.5) is 0 Å². The Morgan fingerprint density at radius 1 is 1.03 bits per heavy atom. The summed E-state index contributed by atoms with van der Waals surface area (Å²) in [6.45, 7) is 6.84. The smallest absolute Gasteiger partial charge is 0.339 e. The molecule has 0 bridgehead atoms. The molecule has 0 aliphatic rings. The minimum atomic E-state index is -1.13. The van der Waals surface area contributed by atoms with E-state index in [1.54, 1.807) is 38.1 Å². The van der Waals surface area contributed by atoms with Crippen LogP contribution in [0.15, 0.2) is 51.7 Å². The topological polar surface area (TPSA) is 106 Å². The van der Waals surface area contributed by atoms with Crippen molar-refractivity contribution in [3.05, 3.63) is 75.1 Å². The van der Waals surface area contributed by atoms with Gasteiger partial charge in [0.15, 0.2) is 6.10 Å². The molecule has 162 valence electrons. The van der Waals surface area contributed by atoms with E-state index in [1.807, 2.05) is 25.1 Å². The number of carbonyl (C=O) groups is 2. The summed E-state index contributed by atoms with van der Waals surface area (Å²) in [6.07, 6.45) is -0.792. The van der Waals surface area contributed by atoms with Gasteiger partial charge in [0.2, 0.25) is 0 Å². The second-order valence-electron chi connectivity index (χ2n) is 7.55. The zero-order valence-electron chi connectivity index (χ0n) is 17.9. The first-order chi connectivity index (χ1) is 14.7. The number of amides is 1. The second kappa shape index (κ2) is 9.04. The third-order valence-corrected chi connectivity index (χ3v) is 5.39. The molecule has 0 saturated heterocycles. The largest absolute Gasteiger partial charge is 0.480 e. The van der Waals surface area contributed by atoms with Crippen molar-refractivity contribution >= 4 is 22.8 Å². The highest BCUT2D eigenvalue weighted by atomic mass is 16.5. The van der Waals surface area contributed by atoms with Gasteiger partial charge in [0.25, 0.3) is 5.91 Å². The molecular weight excluding hydrogens is 398 g/mol. The van der Waals surface area contributed by atoms with Crippen LogP contribution in [0.3, 0.4) is 0 Å². The summed E-state index contributed by atoms with van der Waals surface area (Å²) in [6, 6.07) is 11.5. The highest BCUT2D eigenvalue weighted by Crippen LogP contribution is 2.29. The van der Waals surface area contributed by atoms with Crippen molar-refractivity contribution in [3.63, 3.8) is 0 Å². The van der Waals surface area contributed by atoms with Gasteiger partial charge in [0, 0.05) is 22.9 Å². The van der Waals surface area contributed by atoms with Gasteiger partial charge in [-0.3, -0.25) is 4.79 Å². The van der Waals surface area contributed by atoms with Gasteiger partial charge < -0.3 is 19.6 Å². The van der Waals surface area contributed by atoms with Crippen molar-refractivity contribution in [2.24, 2.45) is 0 Å². The SMILES string of the molecule is Cc1c(C)c2ccc(OC(C)C(=O)N[C@@H](Cc3ccccc3)C(=O)O)c(C)c2oc1=O. The lowest BCUT2D eigenvalue weighted by Gasteiger charge is -2.20. The van der Waals surface area contributed by atoms with Crippen LogP contribution in [0.1, 0.15) is 29.2 Å². The first kappa shape index (κ1) is 22.1. The van der Waals surface area contributed by atoms with Crippen LogP contribution >= 0.6 is 0 Å². The van der Waals surface area contributed by atoms with Crippen molar-refractivity contribution in [3.8, 4) is 5.75 Å². The van der Waals surface area contributed by atoms with Crippen LogP contribution in [0.2, 0.25) is 0 Å². The minimum Gasteiger partial charge on any atom is -0.480 e. The number of carboxylic acids is 1. The van der Waals surface area contributed by atoms with Gasteiger partial charge in [-0.25, -0.2) is 9.59 Å². The van der Waals surface area contributed by atoms with Crippen LogP contribution < -0.4 is 15.7 Å². The van der Waals surface area contributed by atoms with Crippen LogP contribution in [0, 0.1) is 20.8 Å². The van der Waals surface area contributed by atoms with E-state index < -0.39 is 29.6 Å². The summed E-state index contributed by atoms with van der Waals surface area (Å²) in [7, 11) is 0. The molecule has 0 aliphatic carbocycles. The molecule has 0 fully saturated rings. The fraction of sp³-hybridized carbons (Fsp3) is 0.292. The second-order valence-corrected chi connectivity index (χ2v) is 7.55. The Bertz CT molecular complexity index is 1180. The first-order valence-corrected chi connectivity index (χ1v) is 9.96. The predicted molar refractivity (Wildman–Crippen MR) is 116 cm³/mol. The average molecular weight is 423 g/mol. The zero-order valence-corrected chi connectivity index (χ0v) is 17.9. The summed E-state index contributed by atoms with van der Waals surface area (Å²) in [5, 5.41) is 12.8. The summed E-state index contributed by atoms with van der Waals surface area (Å²) in [5.74, 6) is -1.29. The molecule has 31 heavy (non-hydrogen) atoms. The van der Waals surface area contributed by atoms with Crippen LogP contribution in [0.25, 0.3) is 11.0 Å². The van der Waals surface area contributed by atoms with E-state index in [4.69, 9.17) is 9.15 Å². The molecule has 1 aromatic heterocycles. The number of rotatable bonds is 7. The number of carbonyl (C=O) groups excluding carboxylic acids is 1. The van der Waals surface area contributed by atoms with Gasteiger partial charge in [0.1, 0.15) is 17.4 Å². The third kappa shape index (κ3) is 4.77. The van der Waals surface area contributed by atoms with Crippen molar-refractivity contribution in [2.75, 3.05) is 0 Å². The molecule has 0 radical (unpaired) electrons. The normalized spacial score (nSPS) is 12.9. The number of carboxylic acid groups (broad SMARTS) is 1. The summed E-state index contributed by atoms with van der Waals surface area (Å²) < 4.78 is 11.2. The van der Waals surface area contributed by atoms with Crippen molar-refractivity contribution in [2.45, 2.75) is 46.3 Å². The minimum absolute atomic E-state index is 0.160. The molecule has 1 unspecified atom stereocenters. The van der Waals surface area contributed by atoms with Gasteiger partial charge in [-0.05, 0) is 51.0 Å². The molecule has 3 rings (SSSR count). The number of aliphatic carboxylic acids is 1. The maximum atomic E-state index is 12.6. The van der Waals surface area contributed by atoms with E-state index in [2.05, 4.69) is 5.32 Å². The molecule has 7 heteroatoms. The Balaban J connectivity index is 1.77. The van der Waals surface area contributed by atoms with Crippen molar-refractivity contribution in [1.29, 1.82) is 0 Å². The van der Waals surface area contributed by atoms with Gasteiger partial charge in [-0.2, -0.15) is 0 Å². The van der Waals surface area contributed by atoms with Crippen LogP contribution in [-0.2, 0) is 16.0 Å². The molecule has 2 aromatic carbocycles. The van der Waals surface area contributed by atoms with Crippen LogP contribution in [-0.4, -0.2) is 29.1 Å². The number of benzene rings is 2. The van der Waals surface area contributed by atoms with E-state index in [1.165, 1.54) is 6.92 Å². The number of aryl methyl sites for hydroxylation is 2. The van der Waals surface area contributed by atoms with Crippen molar-refractivity contribution < 1.29 is 23.8 Å². The van der Waals surface area contributed by atoms with Gasteiger partial charge >= 0.3 is 11.6 Å². The number of fused-ring (bicyclic) bond motifs is 1. The summed E-state index contributed by atoms with van der Waals surface area (Å²) >= 11 is 0. The lowest BCUT2D eigenvalue weighted by Crippen LogP contribution is -2.47. The molecule has 2 N–H and O–H groups in total. The maximum absolute atomic E-state index is 12.6. The fourth-order valence-corrected chi connectivity index (χ4v) is 3.34. The molecule has 2 atom stereocenters. The van der Waals surface area contributed by atoms with E-state index >= 15 is 0 Å². The van der Waals surface area contributed by atoms with Crippen LogP contribution in [0.5, 0.6) is 5.75 Å². The Labute approximate surface area is 179 Å². The lowest BCUT2D eigenvalue weighted by molar-refractivity contribution is -0.142. The van der Waals surface area contributed by atoms with E-state index in [0.29, 0.717) is 22.5 Å². The quantitative estimate of drug-likeness (QED) is 0.565. The average Bonchev–Trinajstić information content (AvgIpc) is 2.74. The van der Waals surface area contributed by atoms with E-state index in [-0.39, 0.29) is 6.42 Å². The highest BCUT2D eigenvalue weighted by Gasteiger charge is 2.25.